The zero-order valence-electron chi connectivity index (χ0n) is 14.7. The van der Waals surface area contributed by atoms with Crippen LogP contribution in [0.3, 0.4) is 0 Å². The zero-order chi connectivity index (χ0) is 18.1. The van der Waals surface area contributed by atoms with Crippen LogP contribution < -0.4 is 4.74 Å². The molecule has 4 aromatic rings. The fourth-order valence-electron chi connectivity index (χ4n) is 2.96. The van der Waals surface area contributed by atoms with E-state index >= 15 is 0 Å². The van der Waals surface area contributed by atoms with Gasteiger partial charge in [0, 0.05) is 24.1 Å². The van der Waals surface area contributed by atoms with E-state index in [-0.39, 0.29) is 0 Å². The first kappa shape index (κ1) is 16.0. The van der Waals surface area contributed by atoms with Crippen LogP contribution in [-0.4, -0.2) is 43.4 Å². The second-order valence-corrected chi connectivity index (χ2v) is 6.53. The number of benzene rings is 1. The van der Waals surface area contributed by atoms with Crippen molar-refractivity contribution >= 4 is 11.0 Å². The van der Waals surface area contributed by atoms with Gasteiger partial charge in [0.15, 0.2) is 0 Å². The Bertz CT molecular complexity index is 1040. The summed E-state index contributed by atoms with van der Waals surface area (Å²) in [6.45, 7) is 1.21. The second kappa shape index (κ2) is 6.85. The lowest BCUT2D eigenvalue weighted by molar-refractivity contribution is 0.0881. The Morgan fingerprint density at radius 3 is 2.70 bits per heavy atom. The van der Waals surface area contributed by atoms with Gasteiger partial charge in [-0.25, -0.2) is 15.0 Å². The largest absolute Gasteiger partial charge is 0.491 e. The molecule has 0 radical (unpaired) electrons. The molecular weight excluding hydrogens is 342 g/mol. The third kappa shape index (κ3) is 3.41. The Kier molecular flexibility index (Phi) is 4.06. The van der Waals surface area contributed by atoms with Crippen molar-refractivity contribution in [2.45, 2.75) is 18.9 Å². The van der Waals surface area contributed by atoms with Crippen LogP contribution in [0.5, 0.6) is 5.75 Å². The third-order valence-electron chi connectivity index (χ3n) is 4.53. The zero-order valence-corrected chi connectivity index (χ0v) is 14.7. The number of hydrogen-bond donors (Lipinski definition) is 0. The predicted molar refractivity (Wildman–Crippen MR) is 100 cm³/mol. The summed E-state index contributed by atoms with van der Waals surface area (Å²) in [7, 11) is 0. The number of hydrogen-bond acceptors (Lipinski definition) is 5. The van der Waals surface area contributed by atoms with E-state index in [1.807, 2.05) is 52.0 Å². The van der Waals surface area contributed by atoms with Crippen molar-refractivity contribution in [1.29, 1.82) is 0 Å². The van der Waals surface area contributed by atoms with Crippen LogP contribution in [0.4, 0.5) is 0 Å². The van der Waals surface area contributed by atoms with Gasteiger partial charge in [-0.1, -0.05) is 0 Å². The molecule has 1 aromatic carbocycles. The Balaban J connectivity index is 1.35. The molecule has 0 N–H and O–H groups in total. The fourth-order valence-corrected chi connectivity index (χ4v) is 2.96. The molecule has 27 heavy (non-hydrogen) atoms. The van der Waals surface area contributed by atoms with Gasteiger partial charge in [-0.2, -0.15) is 0 Å². The molecule has 0 atom stereocenters. The highest BCUT2D eigenvalue weighted by Crippen LogP contribution is 2.24. The van der Waals surface area contributed by atoms with Gasteiger partial charge < -0.3 is 9.47 Å². The molecule has 3 aromatic heterocycles. The highest BCUT2D eigenvalue weighted by Gasteiger charge is 2.21. The molecule has 0 amide bonds. The molecule has 1 saturated carbocycles. The van der Waals surface area contributed by atoms with Crippen LogP contribution >= 0.6 is 0 Å². The summed E-state index contributed by atoms with van der Waals surface area (Å²) < 4.78 is 15.3. The summed E-state index contributed by atoms with van der Waals surface area (Å²) in [6.07, 6.45) is 11.8. The number of aromatic nitrogens is 5. The molecule has 3 heterocycles. The maximum atomic E-state index is 5.74. The van der Waals surface area contributed by atoms with Crippen molar-refractivity contribution in [3.63, 3.8) is 0 Å². The highest BCUT2D eigenvalue weighted by atomic mass is 16.5. The minimum atomic E-state index is 0.465. The fraction of sp³-hybridized carbons (Fsp3) is 0.250. The van der Waals surface area contributed by atoms with Crippen molar-refractivity contribution in [2.24, 2.45) is 0 Å². The van der Waals surface area contributed by atoms with E-state index in [1.54, 1.807) is 18.7 Å². The van der Waals surface area contributed by atoms with E-state index in [4.69, 9.17) is 9.47 Å². The summed E-state index contributed by atoms with van der Waals surface area (Å²) in [6, 6.07) is 9.99. The minimum absolute atomic E-state index is 0.465. The Hall–Kier alpha value is -3.19. The molecule has 136 valence electrons. The molecule has 0 saturated heterocycles. The quantitative estimate of drug-likeness (QED) is 0.473. The maximum absolute atomic E-state index is 5.74. The maximum Gasteiger partial charge on any atom is 0.140 e. The smallest absolute Gasteiger partial charge is 0.140 e. The second-order valence-electron chi connectivity index (χ2n) is 6.53. The van der Waals surface area contributed by atoms with Gasteiger partial charge in [0.05, 0.1) is 24.4 Å². The molecule has 7 nitrogen and oxygen atoms in total. The number of imidazole rings is 2. The third-order valence-corrected chi connectivity index (χ3v) is 4.53. The first-order valence-corrected chi connectivity index (χ1v) is 9.03. The Morgan fingerprint density at radius 2 is 1.93 bits per heavy atom. The molecule has 0 aliphatic heterocycles. The van der Waals surface area contributed by atoms with Crippen LogP contribution in [0.25, 0.3) is 22.5 Å². The van der Waals surface area contributed by atoms with Gasteiger partial charge in [-0.05, 0) is 37.1 Å². The summed E-state index contributed by atoms with van der Waals surface area (Å²) in [5.41, 5.74) is 2.85. The van der Waals surface area contributed by atoms with Crippen LogP contribution in [-0.2, 0) is 4.74 Å². The number of ether oxygens (including phenoxy) is 2. The standard InChI is InChI=1S/C20H19N5O2/c1-3-16(26-9-10-27-17-5-6-17)4-2-15(1)25-14-23-18-12-22-20(11-19(18)25)24-8-7-21-13-24/h1-4,7-8,11-14,17H,5-6,9-10H2. The van der Waals surface area contributed by atoms with Crippen molar-refractivity contribution in [2.75, 3.05) is 13.2 Å². The summed E-state index contributed by atoms with van der Waals surface area (Å²) in [4.78, 5) is 13.0. The van der Waals surface area contributed by atoms with Crippen LogP contribution in [0.15, 0.2) is 61.6 Å². The minimum Gasteiger partial charge on any atom is -0.491 e. The summed E-state index contributed by atoms with van der Waals surface area (Å²) in [5.74, 6) is 1.64. The van der Waals surface area contributed by atoms with Crippen LogP contribution in [0.1, 0.15) is 12.8 Å². The average Bonchev–Trinajstić information content (AvgIpc) is 3.19. The van der Waals surface area contributed by atoms with Gasteiger partial charge in [0.2, 0.25) is 0 Å². The van der Waals surface area contributed by atoms with Gasteiger partial charge in [-0.15, -0.1) is 0 Å². The van der Waals surface area contributed by atoms with Crippen molar-refractivity contribution < 1.29 is 9.47 Å². The number of pyridine rings is 1. The monoisotopic (exact) mass is 361 g/mol. The van der Waals surface area contributed by atoms with Crippen molar-refractivity contribution in [3.8, 4) is 17.3 Å². The normalized spacial score (nSPS) is 13.9. The lowest BCUT2D eigenvalue weighted by atomic mass is 10.3. The molecule has 0 unspecified atom stereocenters. The first-order chi connectivity index (χ1) is 13.4. The molecule has 0 spiro atoms. The first-order valence-electron chi connectivity index (χ1n) is 9.03. The Morgan fingerprint density at radius 1 is 1.04 bits per heavy atom. The lowest BCUT2D eigenvalue weighted by Gasteiger charge is -2.09. The lowest BCUT2D eigenvalue weighted by Crippen LogP contribution is -2.07. The molecule has 0 bridgehead atoms. The molecule has 5 rings (SSSR count). The average molecular weight is 361 g/mol. The van der Waals surface area contributed by atoms with Gasteiger partial charge in [0.1, 0.15) is 36.3 Å². The highest BCUT2D eigenvalue weighted by molar-refractivity contribution is 5.78. The summed E-state index contributed by atoms with van der Waals surface area (Å²) >= 11 is 0. The van der Waals surface area contributed by atoms with Crippen molar-refractivity contribution in [1.82, 2.24) is 24.1 Å². The summed E-state index contributed by atoms with van der Waals surface area (Å²) in [5, 5.41) is 0. The topological polar surface area (TPSA) is 67.0 Å². The van der Waals surface area contributed by atoms with E-state index in [9.17, 15) is 0 Å². The molecule has 1 aliphatic rings. The van der Waals surface area contributed by atoms with E-state index in [0.717, 1.165) is 28.3 Å². The number of rotatable bonds is 7. The van der Waals surface area contributed by atoms with Gasteiger partial charge in [0.25, 0.3) is 0 Å². The SMILES string of the molecule is c1cn(-c2cc3c(cn2)ncn3-c2ccc(OCCOC3CC3)cc2)cn1. The number of fused-ring (bicyclic) bond motifs is 1. The number of nitrogens with zero attached hydrogens (tertiary/aromatic N) is 5. The van der Waals surface area contributed by atoms with E-state index in [2.05, 4.69) is 15.0 Å². The van der Waals surface area contributed by atoms with E-state index in [0.29, 0.717) is 19.3 Å². The molecule has 1 fully saturated rings. The van der Waals surface area contributed by atoms with Gasteiger partial charge in [-0.3, -0.25) is 9.13 Å². The Labute approximate surface area is 156 Å². The van der Waals surface area contributed by atoms with Crippen molar-refractivity contribution in [3.05, 3.63) is 61.6 Å². The van der Waals surface area contributed by atoms with Gasteiger partial charge >= 0.3 is 0 Å². The predicted octanol–water partition coefficient (Wildman–Crippen LogP) is 3.16. The molecular formula is C20H19N5O2. The van der Waals surface area contributed by atoms with E-state index in [1.165, 1.54) is 12.8 Å². The molecule has 1 aliphatic carbocycles. The van der Waals surface area contributed by atoms with Crippen LogP contribution in [0, 0.1) is 0 Å². The van der Waals surface area contributed by atoms with Crippen LogP contribution in [0.2, 0.25) is 0 Å². The molecule has 7 heteroatoms. The van der Waals surface area contributed by atoms with E-state index < -0.39 is 0 Å².